The molecule has 0 aliphatic carbocycles. The summed E-state index contributed by atoms with van der Waals surface area (Å²) in [5, 5.41) is 6.47. The summed E-state index contributed by atoms with van der Waals surface area (Å²) in [5.41, 5.74) is 2.25. The van der Waals surface area contributed by atoms with Crippen LogP contribution < -0.4 is 15.5 Å². The third-order valence-corrected chi connectivity index (χ3v) is 2.16. The second-order valence-corrected chi connectivity index (χ2v) is 2.87. The van der Waals surface area contributed by atoms with Crippen LogP contribution in [0.15, 0.2) is 30.6 Å². The monoisotopic (exact) mass is 158 g/mol. The molecule has 2 aliphatic heterocycles. The predicted molar refractivity (Wildman–Crippen MR) is 47.4 cm³/mol. The van der Waals surface area contributed by atoms with Crippen LogP contribution in [0.1, 0.15) is 0 Å². The Morgan fingerprint density at radius 1 is 1.50 bits per heavy atom. The second-order valence-electron chi connectivity index (χ2n) is 2.87. The van der Waals surface area contributed by atoms with Crippen LogP contribution in [0.3, 0.4) is 0 Å². The van der Waals surface area contributed by atoms with Crippen molar-refractivity contribution in [2.24, 2.45) is 0 Å². The van der Waals surface area contributed by atoms with E-state index in [0.29, 0.717) is 0 Å². The number of rotatable bonds is 0. The van der Waals surface area contributed by atoms with Crippen LogP contribution in [0.5, 0.6) is 0 Å². The molecule has 0 saturated carbocycles. The van der Waals surface area contributed by atoms with Crippen molar-refractivity contribution in [2.45, 2.75) is 6.29 Å². The quantitative estimate of drug-likeness (QED) is 0.591. The van der Waals surface area contributed by atoms with Crippen LogP contribution in [0.2, 0.25) is 0 Å². The Hall–Kier alpha value is -1.64. The first-order valence-corrected chi connectivity index (χ1v) is 3.93. The zero-order chi connectivity index (χ0) is 7.97. The molecule has 1 unspecified atom stereocenters. The van der Waals surface area contributed by atoms with Crippen molar-refractivity contribution in [1.82, 2.24) is 5.32 Å². The van der Waals surface area contributed by atoms with Crippen molar-refractivity contribution in [3.8, 4) is 0 Å². The van der Waals surface area contributed by atoms with Crippen LogP contribution in [0.25, 0.3) is 0 Å². The first-order valence-electron chi connectivity index (χ1n) is 3.93. The van der Waals surface area contributed by atoms with Gasteiger partial charge in [-0.05, 0) is 6.07 Å². The van der Waals surface area contributed by atoms with Gasteiger partial charge in [0, 0.05) is 18.5 Å². The minimum Gasteiger partial charge on any atom is -0.353 e. The van der Waals surface area contributed by atoms with E-state index in [2.05, 4.69) is 27.7 Å². The Morgan fingerprint density at radius 3 is 3.50 bits per heavy atom. The molecule has 59 valence electrons. The molecule has 3 nitrogen and oxygen atoms in total. The number of fused-ring (bicyclic) bond motifs is 3. The molecule has 0 spiro atoms. The number of hydrogen-bond donors (Lipinski definition) is 2. The first kappa shape index (κ1) is 5.94. The highest BCUT2D eigenvalue weighted by atomic mass is 15.4. The Kier molecular flexibility index (Phi) is 0.961. The molecule has 1 atom stereocenters. The van der Waals surface area contributed by atoms with Crippen LogP contribution in [-0.2, 0) is 0 Å². The highest BCUT2D eigenvalue weighted by Crippen LogP contribution is 2.34. The Labute approximate surface area is 70.7 Å². The van der Waals surface area contributed by atoms with E-state index in [4.69, 9.17) is 0 Å². The van der Waals surface area contributed by atoms with Gasteiger partial charge in [0.25, 0.3) is 0 Å². The van der Waals surface area contributed by atoms with Crippen LogP contribution in [0, 0.1) is 6.07 Å². The second kappa shape index (κ2) is 1.94. The van der Waals surface area contributed by atoms with E-state index >= 15 is 0 Å². The molecule has 2 N–H and O–H groups in total. The molecule has 1 aromatic carbocycles. The Bertz CT molecular complexity index is 345. The molecule has 3 rings (SSSR count). The van der Waals surface area contributed by atoms with E-state index < -0.39 is 0 Å². The summed E-state index contributed by atoms with van der Waals surface area (Å²) >= 11 is 0. The zero-order valence-corrected chi connectivity index (χ0v) is 6.41. The van der Waals surface area contributed by atoms with Gasteiger partial charge in [-0.25, -0.2) is 0 Å². The summed E-state index contributed by atoms with van der Waals surface area (Å²) < 4.78 is 0. The van der Waals surface area contributed by atoms with E-state index in [1.54, 1.807) is 0 Å². The van der Waals surface area contributed by atoms with E-state index in [9.17, 15) is 0 Å². The van der Waals surface area contributed by atoms with Gasteiger partial charge in [0.05, 0.1) is 11.4 Å². The van der Waals surface area contributed by atoms with Crippen molar-refractivity contribution in [3.63, 3.8) is 0 Å². The maximum Gasteiger partial charge on any atom is 0.179 e. The lowest BCUT2D eigenvalue weighted by Gasteiger charge is -2.15. The standard InChI is InChI=1S/C9H8N3/c1-2-4-8-7(3-1)11-9-10-5-6-12(8)9/h1-2,4-6,9-11H. The molecule has 1 aromatic rings. The number of nitrogens with zero attached hydrogens (tertiary/aromatic N) is 1. The van der Waals surface area contributed by atoms with Crippen LogP contribution in [0.4, 0.5) is 11.4 Å². The number of hydrogen-bond acceptors (Lipinski definition) is 3. The van der Waals surface area contributed by atoms with Crippen molar-refractivity contribution >= 4 is 11.4 Å². The molecule has 3 heteroatoms. The molecule has 0 fully saturated rings. The highest BCUT2D eigenvalue weighted by Gasteiger charge is 2.28. The van der Waals surface area contributed by atoms with Gasteiger partial charge in [-0.3, -0.25) is 0 Å². The molecular formula is C9H8N3. The lowest BCUT2D eigenvalue weighted by atomic mass is 10.3. The summed E-state index contributed by atoms with van der Waals surface area (Å²) in [4.78, 5) is 2.14. The SMILES string of the molecule is [c]1cccc2c1NC1NC=CN21. The maximum atomic E-state index is 3.29. The largest absolute Gasteiger partial charge is 0.353 e. The number of anilines is 2. The number of nitrogens with one attached hydrogen (secondary N) is 2. The molecule has 1 radical (unpaired) electrons. The molecular weight excluding hydrogens is 150 g/mol. The van der Waals surface area contributed by atoms with Gasteiger partial charge >= 0.3 is 0 Å². The lowest BCUT2D eigenvalue weighted by Crippen LogP contribution is -2.36. The molecule has 12 heavy (non-hydrogen) atoms. The van der Waals surface area contributed by atoms with Gasteiger partial charge in [0.15, 0.2) is 6.29 Å². The average molecular weight is 158 g/mol. The van der Waals surface area contributed by atoms with E-state index in [1.165, 1.54) is 5.69 Å². The van der Waals surface area contributed by atoms with Gasteiger partial charge in [-0.2, -0.15) is 0 Å². The minimum absolute atomic E-state index is 0.193. The molecule has 0 saturated heterocycles. The summed E-state index contributed by atoms with van der Waals surface area (Å²) in [5.74, 6) is 0. The van der Waals surface area contributed by atoms with Gasteiger partial charge in [-0.15, -0.1) is 0 Å². The van der Waals surface area contributed by atoms with Crippen molar-refractivity contribution < 1.29 is 0 Å². The van der Waals surface area contributed by atoms with Crippen LogP contribution in [-0.4, -0.2) is 6.29 Å². The van der Waals surface area contributed by atoms with Gasteiger partial charge in [0.2, 0.25) is 0 Å². The normalized spacial score (nSPS) is 23.0. The first-order chi connectivity index (χ1) is 5.95. The minimum atomic E-state index is 0.193. The highest BCUT2D eigenvalue weighted by molar-refractivity contribution is 5.77. The van der Waals surface area contributed by atoms with E-state index in [1.807, 2.05) is 24.5 Å². The lowest BCUT2D eigenvalue weighted by molar-refractivity contribution is 0.725. The molecule has 2 aliphatic rings. The fourth-order valence-electron chi connectivity index (χ4n) is 1.61. The fourth-order valence-corrected chi connectivity index (χ4v) is 1.61. The predicted octanol–water partition coefficient (Wildman–Crippen LogP) is 1.08. The summed E-state index contributed by atoms with van der Waals surface area (Å²) in [6.07, 6.45) is 4.16. The molecule has 0 bridgehead atoms. The van der Waals surface area contributed by atoms with Crippen molar-refractivity contribution in [3.05, 3.63) is 36.7 Å². The van der Waals surface area contributed by atoms with E-state index in [0.717, 1.165) is 5.69 Å². The molecule has 2 heterocycles. The zero-order valence-electron chi connectivity index (χ0n) is 6.41. The van der Waals surface area contributed by atoms with Gasteiger partial charge in [0.1, 0.15) is 0 Å². The van der Waals surface area contributed by atoms with Gasteiger partial charge < -0.3 is 15.5 Å². The summed E-state index contributed by atoms with van der Waals surface area (Å²) in [7, 11) is 0. The Morgan fingerprint density at radius 2 is 2.50 bits per heavy atom. The topological polar surface area (TPSA) is 27.3 Å². The third-order valence-electron chi connectivity index (χ3n) is 2.16. The Balaban J connectivity index is 2.14. The maximum absolute atomic E-state index is 3.29. The molecule has 0 amide bonds. The molecule has 0 aromatic heterocycles. The third kappa shape index (κ3) is 0.605. The summed E-state index contributed by atoms with van der Waals surface area (Å²) in [6, 6.07) is 9.14. The fraction of sp³-hybridized carbons (Fsp3) is 0.111. The average Bonchev–Trinajstić information content (AvgIpc) is 2.62. The van der Waals surface area contributed by atoms with E-state index in [-0.39, 0.29) is 6.29 Å². The van der Waals surface area contributed by atoms with Crippen molar-refractivity contribution in [2.75, 3.05) is 10.2 Å². The number of para-hydroxylation sites is 1. The van der Waals surface area contributed by atoms with Gasteiger partial charge in [-0.1, -0.05) is 12.1 Å². The number of benzene rings is 1. The summed E-state index contributed by atoms with van der Waals surface area (Å²) in [6.45, 7) is 0. The van der Waals surface area contributed by atoms with Crippen molar-refractivity contribution in [1.29, 1.82) is 0 Å². The smallest absolute Gasteiger partial charge is 0.179 e. The van der Waals surface area contributed by atoms with Crippen LogP contribution >= 0.6 is 0 Å².